The van der Waals surface area contributed by atoms with Crippen molar-refractivity contribution in [3.05, 3.63) is 62.7 Å². The number of para-hydroxylation sites is 1. The normalized spacial score (nSPS) is 10.3. The number of nitro groups is 1. The zero-order chi connectivity index (χ0) is 19.1. The summed E-state index contributed by atoms with van der Waals surface area (Å²) >= 11 is 5.94. The van der Waals surface area contributed by atoms with Gasteiger partial charge in [-0.3, -0.25) is 10.1 Å². The molecular weight excluding hydrogens is 358 g/mol. The summed E-state index contributed by atoms with van der Waals surface area (Å²) in [5.41, 5.74) is 2.17. The molecular formula is C18H20ClN3O4. The molecule has 26 heavy (non-hydrogen) atoms. The van der Waals surface area contributed by atoms with Crippen LogP contribution in [0.4, 0.5) is 16.2 Å². The first-order valence-corrected chi connectivity index (χ1v) is 8.44. The number of carbonyl (C=O) groups excluding carboxylic acids is 1. The summed E-state index contributed by atoms with van der Waals surface area (Å²) in [7, 11) is 0. The molecule has 2 N–H and O–H groups in total. The van der Waals surface area contributed by atoms with Crippen LogP contribution in [0.25, 0.3) is 0 Å². The Balaban J connectivity index is 1.77. The Hall–Kier alpha value is -2.80. The molecule has 138 valence electrons. The third-order valence-electron chi connectivity index (χ3n) is 3.67. The fraction of sp³-hybridized carbons (Fsp3) is 0.278. The first-order chi connectivity index (χ1) is 12.4. The molecule has 0 atom stereocenters. The van der Waals surface area contributed by atoms with Gasteiger partial charge in [-0.2, -0.15) is 0 Å². The Morgan fingerprint density at radius 3 is 2.58 bits per heavy atom. The average molecular weight is 378 g/mol. The lowest BCUT2D eigenvalue weighted by Crippen LogP contribution is -2.30. The fourth-order valence-electron chi connectivity index (χ4n) is 2.36. The Morgan fingerprint density at radius 2 is 1.92 bits per heavy atom. The van der Waals surface area contributed by atoms with Gasteiger partial charge >= 0.3 is 6.03 Å². The monoisotopic (exact) mass is 377 g/mol. The van der Waals surface area contributed by atoms with Crippen LogP contribution in [0.3, 0.4) is 0 Å². The van der Waals surface area contributed by atoms with Crippen molar-refractivity contribution in [3.63, 3.8) is 0 Å². The number of benzene rings is 2. The van der Waals surface area contributed by atoms with Crippen molar-refractivity contribution in [2.45, 2.75) is 20.3 Å². The van der Waals surface area contributed by atoms with Crippen LogP contribution in [0.2, 0.25) is 5.02 Å². The highest BCUT2D eigenvalue weighted by molar-refractivity contribution is 6.33. The van der Waals surface area contributed by atoms with Crippen LogP contribution in [0.15, 0.2) is 36.4 Å². The van der Waals surface area contributed by atoms with Crippen LogP contribution in [0.5, 0.6) is 5.75 Å². The number of rotatable bonds is 7. The van der Waals surface area contributed by atoms with E-state index in [0.717, 1.165) is 16.9 Å². The van der Waals surface area contributed by atoms with Gasteiger partial charge in [0, 0.05) is 18.7 Å². The summed E-state index contributed by atoms with van der Waals surface area (Å²) in [6, 6.07) is 9.31. The van der Waals surface area contributed by atoms with Gasteiger partial charge in [0.05, 0.1) is 22.2 Å². The van der Waals surface area contributed by atoms with Gasteiger partial charge < -0.3 is 15.4 Å². The number of hydrogen-bond donors (Lipinski definition) is 2. The largest absolute Gasteiger partial charge is 0.493 e. The number of nitrogens with one attached hydrogen (secondary N) is 2. The number of urea groups is 1. The highest BCUT2D eigenvalue weighted by Crippen LogP contribution is 2.26. The van der Waals surface area contributed by atoms with E-state index in [0.29, 0.717) is 19.6 Å². The van der Waals surface area contributed by atoms with Crippen LogP contribution >= 0.6 is 11.6 Å². The summed E-state index contributed by atoms with van der Waals surface area (Å²) < 4.78 is 5.76. The summed E-state index contributed by atoms with van der Waals surface area (Å²) in [6.45, 7) is 4.82. The molecule has 0 radical (unpaired) electrons. The zero-order valence-corrected chi connectivity index (χ0v) is 15.3. The van der Waals surface area contributed by atoms with E-state index < -0.39 is 11.0 Å². The van der Waals surface area contributed by atoms with Gasteiger partial charge in [0.25, 0.3) is 5.69 Å². The average Bonchev–Trinajstić information content (AvgIpc) is 2.58. The highest BCUT2D eigenvalue weighted by atomic mass is 35.5. The summed E-state index contributed by atoms with van der Waals surface area (Å²) in [6.07, 6.45) is 0.615. The van der Waals surface area contributed by atoms with Crippen molar-refractivity contribution < 1.29 is 14.5 Å². The Labute approximate surface area is 156 Å². The number of amides is 2. The van der Waals surface area contributed by atoms with Gasteiger partial charge in [-0.05, 0) is 37.5 Å². The molecule has 0 fully saturated rings. The number of aryl methyl sites for hydroxylation is 2. The molecule has 7 nitrogen and oxygen atoms in total. The van der Waals surface area contributed by atoms with E-state index in [1.54, 1.807) is 0 Å². The molecule has 0 bridgehead atoms. The van der Waals surface area contributed by atoms with E-state index in [-0.39, 0.29) is 16.4 Å². The van der Waals surface area contributed by atoms with Gasteiger partial charge in [0.2, 0.25) is 0 Å². The first kappa shape index (κ1) is 19.5. The molecule has 0 saturated heterocycles. The van der Waals surface area contributed by atoms with Crippen LogP contribution < -0.4 is 15.4 Å². The quantitative estimate of drug-likeness (QED) is 0.423. The molecule has 0 heterocycles. The van der Waals surface area contributed by atoms with Gasteiger partial charge in [-0.25, -0.2) is 4.79 Å². The van der Waals surface area contributed by atoms with Crippen LogP contribution in [-0.4, -0.2) is 24.1 Å². The maximum atomic E-state index is 11.9. The predicted molar refractivity (Wildman–Crippen MR) is 101 cm³/mol. The molecule has 0 aliphatic heterocycles. The molecule has 2 aromatic carbocycles. The minimum Gasteiger partial charge on any atom is -0.493 e. The Bertz CT molecular complexity index is 791. The maximum Gasteiger partial charge on any atom is 0.319 e. The lowest BCUT2D eigenvalue weighted by molar-refractivity contribution is -0.384. The molecule has 0 aliphatic carbocycles. The Morgan fingerprint density at radius 1 is 1.23 bits per heavy atom. The minimum atomic E-state index is -0.551. The fourth-order valence-corrected chi connectivity index (χ4v) is 2.53. The van der Waals surface area contributed by atoms with Crippen molar-refractivity contribution in [1.82, 2.24) is 5.32 Å². The minimum absolute atomic E-state index is 0.147. The predicted octanol–water partition coefficient (Wildman–Crippen LogP) is 4.46. The van der Waals surface area contributed by atoms with Gasteiger partial charge in [-0.1, -0.05) is 29.8 Å². The van der Waals surface area contributed by atoms with Crippen molar-refractivity contribution in [1.29, 1.82) is 0 Å². The highest BCUT2D eigenvalue weighted by Gasteiger charge is 2.12. The van der Waals surface area contributed by atoms with Crippen LogP contribution in [0, 0.1) is 24.0 Å². The maximum absolute atomic E-state index is 11.9. The van der Waals surface area contributed by atoms with Crippen LogP contribution in [-0.2, 0) is 0 Å². The number of non-ortho nitro benzene ring substituents is 1. The molecule has 0 aromatic heterocycles. The molecule has 2 amide bonds. The molecule has 0 unspecified atom stereocenters. The number of anilines is 1. The van der Waals surface area contributed by atoms with E-state index in [1.807, 2.05) is 32.0 Å². The molecule has 8 heteroatoms. The summed E-state index contributed by atoms with van der Waals surface area (Å²) in [5.74, 6) is 0.861. The smallest absolute Gasteiger partial charge is 0.319 e. The molecule has 2 rings (SSSR count). The second kappa shape index (κ2) is 9.05. The lowest BCUT2D eigenvalue weighted by atomic mass is 10.1. The lowest BCUT2D eigenvalue weighted by Gasteiger charge is -2.12. The third-order valence-corrected chi connectivity index (χ3v) is 4.00. The van der Waals surface area contributed by atoms with Crippen LogP contribution in [0.1, 0.15) is 17.5 Å². The van der Waals surface area contributed by atoms with Crippen molar-refractivity contribution in [3.8, 4) is 5.75 Å². The molecule has 0 saturated carbocycles. The summed E-state index contributed by atoms with van der Waals surface area (Å²) in [4.78, 5) is 22.1. The van der Waals surface area contributed by atoms with Crippen molar-refractivity contribution >= 4 is 29.0 Å². The number of halogens is 1. The van der Waals surface area contributed by atoms with E-state index in [4.69, 9.17) is 16.3 Å². The molecule has 2 aromatic rings. The van der Waals surface area contributed by atoms with Gasteiger partial charge in [0.15, 0.2) is 0 Å². The Kier molecular flexibility index (Phi) is 6.80. The SMILES string of the molecule is Cc1cccc(C)c1OCCCNC(=O)Nc1cc([N+](=O)[O-])ccc1Cl. The number of hydrogen-bond acceptors (Lipinski definition) is 4. The van der Waals surface area contributed by atoms with E-state index in [1.165, 1.54) is 18.2 Å². The number of nitrogens with zero attached hydrogens (tertiary/aromatic N) is 1. The van der Waals surface area contributed by atoms with Gasteiger partial charge in [0.1, 0.15) is 5.75 Å². The number of carbonyl (C=O) groups is 1. The molecule has 0 aliphatic rings. The standard InChI is InChI=1S/C18H20ClN3O4/c1-12-5-3-6-13(2)17(12)26-10-4-9-20-18(23)21-16-11-14(22(24)25)7-8-15(16)19/h3,5-8,11H,4,9-10H2,1-2H3,(H2,20,21,23). The van der Waals surface area contributed by atoms with E-state index in [2.05, 4.69) is 10.6 Å². The summed E-state index contributed by atoms with van der Waals surface area (Å²) in [5, 5.41) is 16.2. The van der Waals surface area contributed by atoms with E-state index >= 15 is 0 Å². The van der Waals surface area contributed by atoms with E-state index in [9.17, 15) is 14.9 Å². The second-order valence-electron chi connectivity index (χ2n) is 5.73. The zero-order valence-electron chi connectivity index (χ0n) is 14.5. The van der Waals surface area contributed by atoms with Crippen molar-refractivity contribution in [2.24, 2.45) is 0 Å². The number of nitro benzene ring substituents is 1. The van der Waals surface area contributed by atoms with Gasteiger partial charge in [-0.15, -0.1) is 0 Å². The number of ether oxygens (including phenoxy) is 1. The second-order valence-corrected chi connectivity index (χ2v) is 6.13. The third kappa shape index (κ3) is 5.35. The first-order valence-electron chi connectivity index (χ1n) is 8.06. The molecule has 0 spiro atoms. The topological polar surface area (TPSA) is 93.5 Å². The van der Waals surface area contributed by atoms with Crippen molar-refractivity contribution in [2.75, 3.05) is 18.5 Å².